The highest BCUT2D eigenvalue weighted by Crippen LogP contribution is 2.32. The number of amides is 1. The number of rotatable bonds is 4. The standard InChI is InChI=1S/C17H18ClN3O3/c1-24-16-5-3-2-4-12(16)19-17(23)14-9-13(20-21-14)11-8-10(18)6-7-15(11)22/h2-8,13-14,20-22H,9H2,1H3,(H,19,23). The SMILES string of the molecule is COc1ccccc1NC(=O)C1CC(c2cc(Cl)ccc2O)NN1. The van der Waals surface area contributed by atoms with Crippen molar-refractivity contribution in [2.24, 2.45) is 0 Å². The summed E-state index contributed by atoms with van der Waals surface area (Å²) in [5, 5.41) is 13.4. The summed E-state index contributed by atoms with van der Waals surface area (Å²) in [4.78, 5) is 12.5. The predicted molar refractivity (Wildman–Crippen MR) is 92.2 cm³/mol. The van der Waals surface area contributed by atoms with Gasteiger partial charge >= 0.3 is 0 Å². The Bertz CT molecular complexity index is 754. The molecule has 2 aromatic rings. The summed E-state index contributed by atoms with van der Waals surface area (Å²) in [6.07, 6.45) is 0.481. The van der Waals surface area contributed by atoms with Crippen molar-refractivity contribution in [2.75, 3.05) is 12.4 Å². The number of halogens is 1. The van der Waals surface area contributed by atoms with Crippen molar-refractivity contribution in [2.45, 2.75) is 18.5 Å². The smallest absolute Gasteiger partial charge is 0.243 e. The molecule has 0 saturated carbocycles. The van der Waals surface area contributed by atoms with Gasteiger partial charge in [0.2, 0.25) is 5.91 Å². The number of methoxy groups -OCH3 is 1. The molecular formula is C17H18ClN3O3. The van der Waals surface area contributed by atoms with E-state index in [2.05, 4.69) is 16.2 Å². The van der Waals surface area contributed by atoms with Crippen molar-refractivity contribution in [1.29, 1.82) is 0 Å². The minimum Gasteiger partial charge on any atom is -0.508 e. The third-order valence-corrected chi connectivity index (χ3v) is 4.18. The Morgan fingerprint density at radius 2 is 2.08 bits per heavy atom. The zero-order valence-corrected chi connectivity index (χ0v) is 13.8. The second kappa shape index (κ2) is 7.09. The van der Waals surface area contributed by atoms with Crippen LogP contribution in [0.4, 0.5) is 5.69 Å². The first-order chi connectivity index (χ1) is 11.6. The number of nitrogens with one attached hydrogen (secondary N) is 3. The number of benzene rings is 2. The largest absolute Gasteiger partial charge is 0.508 e. The molecule has 1 heterocycles. The summed E-state index contributed by atoms with van der Waals surface area (Å²) in [5.41, 5.74) is 7.24. The number of ether oxygens (including phenoxy) is 1. The summed E-state index contributed by atoms with van der Waals surface area (Å²) >= 11 is 5.98. The molecule has 1 fully saturated rings. The molecule has 0 aliphatic carbocycles. The first-order valence-corrected chi connectivity index (χ1v) is 7.89. The number of anilines is 1. The normalized spacial score (nSPS) is 19.9. The fourth-order valence-corrected chi connectivity index (χ4v) is 2.88. The van der Waals surface area contributed by atoms with Crippen LogP contribution in [0.25, 0.3) is 0 Å². The molecule has 0 radical (unpaired) electrons. The Kier molecular flexibility index (Phi) is 4.89. The van der Waals surface area contributed by atoms with Gasteiger partial charge in [0.1, 0.15) is 17.5 Å². The van der Waals surface area contributed by atoms with E-state index in [1.807, 2.05) is 12.1 Å². The van der Waals surface area contributed by atoms with E-state index < -0.39 is 6.04 Å². The Balaban J connectivity index is 1.69. The van der Waals surface area contributed by atoms with Crippen molar-refractivity contribution in [1.82, 2.24) is 10.9 Å². The highest BCUT2D eigenvalue weighted by Gasteiger charge is 2.31. The second-order valence-electron chi connectivity index (χ2n) is 5.52. The van der Waals surface area contributed by atoms with Gasteiger partial charge in [-0.3, -0.25) is 4.79 Å². The number of carbonyl (C=O) groups is 1. The molecule has 1 saturated heterocycles. The van der Waals surface area contributed by atoms with Gasteiger partial charge < -0.3 is 15.2 Å². The van der Waals surface area contributed by atoms with Crippen LogP contribution in [-0.4, -0.2) is 24.2 Å². The molecule has 0 bridgehead atoms. The van der Waals surface area contributed by atoms with E-state index in [1.54, 1.807) is 37.4 Å². The molecule has 1 amide bonds. The molecule has 1 aliphatic rings. The van der Waals surface area contributed by atoms with Crippen molar-refractivity contribution in [3.8, 4) is 11.5 Å². The quantitative estimate of drug-likeness (QED) is 0.683. The molecule has 3 rings (SSSR count). The molecule has 7 heteroatoms. The van der Waals surface area contributed by atoms with Crippen LogP contribution in [0.1, 0.15) is 18.0 Å². The van der Waals surface area contributed by atoms with Gasteiger partial charge in [0.15, 0.2) is 0 Å². The minimum absolute atomic E-state index is 0.143. The lowest BCUT2D eigenvalue weighted by Gasteiger charge is -2.13. The van der Waals surface area contributed by atoms with Crippen LogP contribution < -0.4 is 20.9 Å². The average Bonchev–Trinajstić information content (AvgIpc) is 3.07. The Morgan fingerprint density at radius 1 is 1.29 bits per heavy atom. The molecule has 6 nitrogen and oxygen atoms in total. The lowest BCUT2D eigenvalue weighted by molar-refractivity contribution is -0.117. The molecule has 1 aliphatic heterocycles. The minimum atomic E-state index is -0.446. The van der Waals surface area contributed by atoms with E-state index in [4.69, 9.17) is 16.3 Å². The van der Waals surface area contributed by atoms with Crippen LogP contribution >= 0.6 is 11.6 Å². The number of aromatic hydroxyl groups is 1. The number of carbonyl (C=O) groups excluding carboxylic acids is 1. The van der Waals surface area contributed by atoms with Gasteiger partial charge in [0.05, 0.1) is 18.8 Å². The van der Waals surface area contributed by atoms with E-state index >= 15 is 0 Å². The topological polar surface area (TPSA) is 82.6 Å². The summed E-state index contributed by atoms with van der Waals surface area (Å²) in [6.45, 7) is 0. The molecule has 4 N–H and O–H groups in total. The van der Waals surface area contributed by atoms with Crippen molar-refractivity contribution >= 4 is 23.2 Å². The van der Waals surface area contributed by atoms with Gasteiger partial charge in [0, 0.05) is 10.6 Å². The van der Waals surface area contributed by atoms with Crippen LogP contribution in [-0.2, 0) is 4.79 Å². The maximum absolute atomic E-state index is 12.5. The second-order valence-corrected chi connectivity index (χ2v) is 5.96. The van der Waals surface area contributed by atoms with E-state index in [9.17, 15) is 9.90 Å². The van der Waals surface area contributed by atoms with Gasteiger partial charge in [-0.25, -0.2) is 10.9 Å². The predicted octanol–water partition coefficient (Wildman–Crippen LogP) is 2.60. The number of hydrogen-bond acceptors (Lipinski definition) is 5. The molecule has 2 unspecified atom stereocenters. The van der Waals surface area contributed by atoms with Gasteiger partial charge in [-0.15, -0.1) is 0 Å². The maximum atomic E-state index is 12.5. The highest BCUT2D eigenvalue weighted by atomic mass is 35.5. The third-order valence-electron chi connectivity index (χ3n) is 3.95. The first-order valence-electron chi connectivity index (χ1n) is 7.52. The van der Waals surface area contributed by atoms with Crippen LogP contribution in [0.15, 0.2) is 42.5 Å². The van der Waals surface area contributed by atoms with Crippen molar-refractivity contribution in [3.63, 3.8) is 0 Å². The fraction of sp³-hybridized carbons (Fsp3) is 0.235. The lowest BCUT2D eigenvalue weighted by atomic mass is 10.0. The number of hydrogen-bond donors (Lipinski definition) is 4. The zero-order valence-electron chi connectivity index (χ0n) is 13.0. The summed E-state index contributed by atoms with van der Waals surface area (Å²) in [5.74, 6) is 0.557. The van der Waals surface area contributed by atoms with E-state index in [0.717, 1.165) is 0 Å². The van der Waals surface area contributed by atoms with Gasteiger partial charge in [0.25, 0.3) is 0 Å². The van der Waals surface area contributed by atoms with E-state index in [0.29, 0.717) is 28.4 Å². The molecule has 24 heavy (non-hydrogen) atoms. The molecule has 2 atom stereocenters. The van der Waals surface area contributed by atoms with Gasteiger partial charge in [-0.05, 0) is 36.8 Å². The van der Waals surface area contributed by atoms with Crippen LogP contribution in [0.5, 0.6) is 11.5 Å². The van der Waals surface area contributed by atoms with Crippen LogP contribution in [0.2, 0.25) is 5.02 Å². The highest BCUT2D eigenvalue weighted by molar-refractivity contribution is 6.30. The van der Waals surface area contributed by atoms with E-state index in [1.165, 1.54) is 0 Å². The number of phenols is 1. The average molecular weight is 348 g/mol. The van der Waals surface area contributed by atoms with Gasteiger partial charge in [-0.1, -0.05) is 23.7 Å². The van der Waals surface area contributed by atoms with E-state index in [-0.39, 0.29) is 17.7 Å². The number of phenolic OH excluding ortho intramolecular Hbond substituents is 1. The monoisotopic (exact) mass is 347 g/mol. The summed E-state index contributed by atoms with van der Waals surface area (Å²) in [7, 11) is 1.55. The Hall–Kier alpha value is -2.28. The molecular weight excluding hydrogens is 330 g/mol. The lowest BCUT2D eigenvalue weighted by Crippen LogP contribution is -2.39. The van der Waals surface area contributed by atoms with Crippen molar-refractivity contribution in [3.05, 3.63) is 53.1 Å². The Morgan fingerprint density at radius 3 is 2.88 bits per heavy atom. The number of para-hydroxylation sites is 2. The first kappa shape index (κ1) is 16.6. The van der Waals surface area contributed by atoms with Gasteiger partial charge in [-0.2, -0.15) is 0 Å². The van der Waals surface area contributed by atoms with Crippen LogP contribution in [0, 0.1) is 0 Å². The fourth-order valence-electron chi connectivity index (χ4n) is 2.70. The van der Waals surface area contributed by atoms with Crippen LogP contribution in [0.3, 0.4) is 0 Å². The number of hydrazine groups is 1. The Labute approximate surface area is 144 Å². The summed E-state index contributed by atoms with van der Waals surface area (Å²) < 4.78 is 5.23. The van der Waals surface area contributed by atoms with Crippen molar-refractivity contribution < 1.29 is 14.6 Å². The molecule has 0 spiro atoms. The maximum Gasteiger partial charge on any atom is 0.243 e. The molecule has 2 aromatic carbocycles. The zero-order chi connectivity index (χ0) is 17.1. The molecule has 126 valence electrons. The third kappa shape index (κ3) is 3.46. The molecule has 0 aromatic heterocycles. The summed E-state index contributed by atoms with van der Waals surface area (Å²) in [6, 6.07) is 11.4.